The van der Waals surface area contributed by atoms with E-state index >= 15 is 0 Å². The van der Waals surface area contributed by atoms with E-state index in [-0.39, 0.29) is 27.6 Å². The molecule has 0 atom stereocenters. The first kappa shape index (κ1) is 19.8. The van der Waals surface area contributed by atoms with Crippen LogP contribution in [-0.2, 0) is 16.6 Å². The summed E-state index contributed by atoms with van der Waals surface area (Å²) in [5.41, 5.74) is 0.787. The van der Waals surface area contributed by atoms with Gasteiger partial charge < -0.3 is 9.47 Å². The molecule has 0 unspecified atom stereocenters. The zero-order chi connectivity index (χ0) is 18.6. The van der Waals surface area contributed by atoms with Crippen LogP contribution in [0.5, 0.6) is 11.5 Å². The minimum atomic E-state index is -3.82. The Morgan fingerprint density at radius 2 is 1.68 bits per heavy atom. The lowest BCUT2D eigenvalue weighted by atomic mass is 10.2. The number of hydrogen-bond acceptors (Lipinski definition) is 4. The van der Waals surface area contributed by atoms with Crippen molar-refractivity contribution in [2.24, 2.45) is 0 Å². The number of halogens is 2. The molecule has 0 radical (unpaired) electrons. The number of benzene rings is 2. The van der Waals surface area contributed by atoms with E-state index in [4.69, 9.17) is 32.7 Å². The molecule has 0 aromatic heterocycles. The predicted octanol–water partition coefficient (Wildman–Crippen LogP) is 4.27. The van der Waals surface area contributed by atoms with Crippen LogP contribution in [0.15, 0.2) is 41.3 Å². The Hall–Kier alpha value is -1.47. The molecule has 2 aromatic rings. The van der Waals surface area contributed by atoms with E-state index in [9.17, 15) is 8.42 Å². The minimum absolute atomic E-state index is 0.0576. The zero-order valence-electron chi connectivity index (χ0n) is 14.0. The Kier molecular flexibility index (Phi) is 6.57. The van der Waals surface area contributed by atoms with E-state index < -0.39 is 10.0 Å². The van der Waals surface area contributed by atoms with Crippen LogP contribution in [0.4, 0.5) is 0 Å². The lowest BCUT2D eigenvalue weighted by Gasteiger charge is -2.12. The summed E-state index contributed by atoms with van der Waals surface area (Å²) in [5, 5.41) is -0.0172. The molecule has 0 aliphatic rings. The Labute approximate surface area is 157 Å². The van der Waals surface area contributed by atoms with Crippen LogP contribution >= 0.6 is 23.2 Å². The van der Waals surface area contributed by atoms with Gasteiger partial charge in [0, 0.05) is 6.54 Å². The van der Waals surface area contributed by atoms with Gasteiger partial charge in [0.15, 0.2) is 0 Å². The molecule has 0 saturated carbocycles. The minimum Gasteiger partial charge on any atom is -0.495 e. The van der Waals surface area contributed by atoms with Crippen LogP contribution in [0.25, 0.3) is 0 Å². The van der Waals surface area contributed by atoms with Gasteiger partial charge in [0.1, 0.15) is 21.4 Å². The normalized spacial score (nSPS) is 11.6. The Bertz CT molecular complexity index is 836. The second kappa shape index (κ2) is 8.27. The summed E-state index contributed by atoms with van der Waals surface area (Å²) in [7, 11) is -2.39. The molecule has 5 nitrogen and oxygen atoms in total. The average Bonchev–Trinajstić information content (AvgIpc) is 2.56. The van der Waals surface area contributed by atoms with E-state index in [1.807, 2.05) is 13.8 Å². The monoisotopic (exact) mass is 403 g/mol. The molecular formula is C17H19Cl2NO4S. The summed E-state index contributed by atoms with van der Waals surface area (Å²) in [6.45, 7) is 3.99. The number of methoxy groups -OCH3 is 1. The number of rotatable bonds is 7. The van der Waals surface area contributed by atoms with Crippen LogP contribution in [0.1, 0.15) is 19.4 Å². The van der Waals surface area contributed by atoms with Crippen LogP contribution in [0.2, 0.25) is 10.0 Å². The van der Waals surface area contributed by atoms with Crippen molar-refractivity contribution in [3.05, 3.63) is 52.0 Å². The quantitative estimate of drug-likeness (QED) is 0.749. The molecule has 2 rings (SSSR count). The number of nitrogens with one attached hydrogen (secondary N) is 1. The second-order valence-electron chi connectivity index (χ2n) is 5.53. The number of hydrogen-bond donors (Lipinski definition) is 1. The Morgan fingerprint density at radius 1 is 1.04 bits per heavy atom. The molecule has 0 fully saturated rings. The first-order valence-corrected chi connectivity index (χ1v) is 9.75. The van der Waals surface area contributed by atoms with E-state index in [1.165, 1.54) is 19.2 Å². The van der Waals surface area contributed by atoms with Gasteiger partial charge in [-0.25, -0.2) is 13.1 Å². The lowest BCUT2D eigenvalue weighted by Crippen LogP contribution is -2.23. The molecule has 1 N–H and O–H groups in total. The number of ether oxygens (including phenoxy) is 2. The standard InChI is InChI=1S/C17H19Cl2NO4S/c1-11(2)24-13-6-4-12(5-7-13)10-20-25(21,22)15-9-8-14(23-3)16(18)17(15)19/h4-9,11,20H,10H2,1-3H3. The van der Waals surface area contributed by atoms with Crippen molar-refractivity contribution < 1.29 is 17.9 Å². The summed E-state index contributed by atoms with van der Waals surface area (Å²) in [6.07, 6.45) is 0.0753. The van der Waals surface area contributed by atoms with Crippen molar-refractivity contribution in [2.75, 3.05) is 7.11 Å². The van der Waals surface area contributed by atoms with Gasteiger partial charge in [-0.15, -0.1) is 0 Å². The van der Waals surface area contributed by atoms with Crippen LogP contribution in [-0.4, -0.2) is 21.6 Å². The topological polar surface area (TPSA) is 64.6 Å². The van der Waals surface area contributed by atoms with Crippen molar-refractivity contribution in [3.63, 3.8) is 0 Å². The molecule has 136 valence electrons. The predicted molar refractivity (Wildman–Crippen MR) is 99.2 cm³/mol. The molecule has 0 spiro atoms. The van der Waals surface area contributed by atoms with Crippen molar-refractivity contribution in [1.82, 2.24) is 4.72 Å². The molecule has 0 aliphatic carbocycles. The highest BCUT2D eigenvalue weighted by molar-refractivity contribution is 7.89. The molecule has 25 heavy (non-hydrogen) atoms. The maximum Gasteiger partial charge on any atom is 0.242 e. The molecule has 0 saturated heterocycles. The summed E-state index contributed by atoms with van der Waals surface area (Å²) >= 11 is 12.1. The van der Waals surface area contributed by atoms with Crippen LogP contribution in [0, 0.1) is 0 Å². The SMILES string of the molecule is COc1ccc(S(=O)(=O)NCc2ccc(OC(C)C)cc2)c(Cl)c1Cl. The van der Waals surface area contributed by atoms with Crippen LogP contribution < -0.4 is 14.2 Å². The van der Waals surface area contributed by atoms with Gasteiger partial charge in [0.2, 0.25) is 10.0 Å². The summed E-state index contributed by atoms with van der Waals surface area (Å²) in [4.78, 5) is -0.0975. The third-order valence-corrected chi connectivity index (χ3v) is 5.70. The first-order chi connectivity index (χ1) is 11.7. The summed E-state index contributed by atoms with van der Waals surface area (Å²) < 4.78 is 38.0. The zero-order valence-corrected chi connectivity index (χ0v) is 16.4. The largest absolute Gasteiger partial charge is 0.495 e. The highest BCUT2D eigenvalue weighted by Crippen LogP contribution is 2.36. The maximum absolute atomic E-state index is 12.5. The third-order valence-electron chi connectivity index (χ3n) is 3.28. The highest BCUT2D eigenvalue weighted by Gasteiger charge is 2.21. The van der Waals surface area contributed by atoms with Crippen molar-refractivity contribution in [3.8, 4) is 11.5 Å². The molecule has 0 bridgehead atoms. The molecule has 8 heteroatoms. The van der Waals surface area contributed by atoms with Gasteiger partial charge in [-0.3, -0.25) is 0 Å². The molecule has 0 heterocycles. The van der Waals surface area contributed by atoms with Gasteiger partial charge in [-0.1, -0.05) is 35.3 Å². The number of sulfonamides is 1. The fraction of sp³-hybridized carbons (Fsp3) is 0.294. The third kappa shape index (κ3) is 5.01. The maximum atomic E-state index is 12.5. The van der Waals surface area contributed by atoms with E-state index in [0.29, 0.717) is 5.75 Å². The van der Waals surface area contributed by atoms with Crippen molar-refractivity contribution in [1.29, 1.82) is 0 Å². The average molecular weight is 404 g/mol. The van der Waals surface area contributed by atoms with E-state index in [2.05, 4.69) is 4.72 Å². The van der Waals surface area contributed by atoms with Gasteiger partial charge in [-0.2, -0.15) is 0 Å². The second-order valence-corrected chi connectivity index (χ2v) is 8.02. The Balaban J connectivity index is 2.13. The van der Waals surface area contributed by atoms with Gasteiger partial charge in [0.25, 0.3) is 0 Å². The van der Waals surface area contributed by atoms with Crippen molar-refractivity contribution >= 4 is 33.2 Å². The van der Waals surface area contributed by atoms with Gasteiger partial charge >= 0.3 is 0 Å². The summed E-state index contributed by atoms with van der Waals surface area (Å²) in [6, 6.07) is 9.99. The molecule has 2 aromatic carbocycles. The molecular weight excluding hydrogens is 385 g/mol. The van der Waals surface area contributed by atoms with E-state index in [1.54, 1.807) is 24.3 Å². The lowest BCUT2D eigenvalue weighted by molar-refractivity contribution is 0.242. The van der Waals surface area contributed by atoms with Crippen molar-refractivity contribution in [2.45, 2.75) is 31.4 Å². The smallest absolute Gasteiger partial charge is 0.242 e. The summed E-state index contributed by atoms with van der Waals surface area (Å²) in [5.74, 6) is 1.04. The van der Waals surface area contributed by atoms with E-state index in [0.717, 1.165) is 11.3 Å². The molecule has 0 aliphatic heterocycles. The van der Waals surface area contributed by atoms with Gasteiger partial charge in [-0.05, 0) is 43.7 Å². The van der Waals surface area contributed by atoms with Crippen LogP contribution in [0.3, 0.4) is 0 Å². The first-order valence-electron chi connectivity index (χ1n) is 7.52. The highest BCUT2D eigenvalue weighted by atomic mass is 35.5. The fourth-order valence-corrected chi connectivity index (χ4v) is 3.95. The molecule has 0 amide bonds. The van der Waals surface area contributed by atoms with Gasteiger partial charge in [0.05, 0.1) is 18.2 Å². The Morgan fingerprint density at radius 3 is 2.24 bits per heavy atom. The fourth-order valence-electron chi connectivity index (χ4n) is 2.09.